The van der Waals surface area contributed by atoms with E-state index in [1.54, 1.807) is 29.6 Å². The van der Waals surface area contributed by atoms with E-state index in [9.17, 15) is 18.3 Å². The topological polar surface area (TPSA) is 132 Å². The van der Waals surface area contributed by atoms with E-state index in [1.807, 2.05) is 0 Å². The number of thiophene rings is 1. The standard InChI is InChI=1S/C18H18N2O6S2/c1-25-14-7-6-12(10-13(14)17(19)21)28(23,24)20-11-18(22,15-4-2-8-26-15)16-5-3-9-27-16/h2-10,20,22H,11H2,1H3,(H2,19,21). The first-order valence-corrected chi connectivity index (χ1v) is 10.4. The maximum atomic E-state index is 12.8. The van der Waals surface area contributed by atoms with Crippen molar-refractivity contribution in [3.63, 3.8) is 0 Å². The van der Waals surface area contributed by atoms with Gasteiger partial charge in [-0.1, -0.05) is 6.07 Å². The largest absolute Gasteiger partial charge is 0.496 e. The monoisotopic (exact) mass is 422 g/mol. The normalized spacial score (nSPS) is 13.8. The number of carbonyl (C=O) groups is 1. The summed E-state index contributed by atoms with van der Waals surface area (Å²) >= 11 is 1.26. The number of aliphatic hydroxyl groups is 1. The van der Waals surface area contributed by atoms with Crippen LogP contribution in [-0.2, 0) is 15.6 Å². The molecule has 0 aliphatic carbocycles. The third-order valence-corrected chi connectivity index (χ3v) is 6.54. The zero-order valence-corrected chi connectivity index (χ0v) is 16.4. The minimum absolute atomic E-state index is 0.0649. The molecule has 28 heavy (non-hydrogen) atoms. The van der Waals surface area contributed by atoms with Crippen molar-refractivity contribution in [2.75, 3.05) is 13.7 Å². The van der Waals surface area contributed by atoms with E-state index in [4.69, 9.17) is 14.9 Å². The summed E-state index contributed by atoms with van der Waals surface area (Å²) in [6, 6.07) is 10.3. The van der Waals surface area contributed by atoms with Crippen LogP contribution in [0.15, 0.2) is 63.4 Å². The lowest BCUT2D eigenvalue weighted by Gasteiger charge is -2.25. The van der Waals surface area contributed by atoms with Gasteiger partial charge < -0.3 is 20.0 Å². The van der Waals surface area contributed by atoms with E-state index in [2.05, 4.69) is 4.72 Å². The van der Waals surface area contributed by atoms with Gasteiger partial charge >= 0.3 is 0 Å². The van der Waals surface area contributed by atoms with Crippen LogP contribution in [0.3, 0.4) is 0 Å². The highest BCUT2D eigenvalue weighted by atomic mass is 32.2. The fourth-order valence-corrected chi connectivity index (χ4v) is 4.57. The van der Waals surface area contributed by atoms with Crippen LogP contribution in [0.1, 0.15) is 21.0 Å². The number of sulfonamides is 1. The molecule has 0 fully saturated rings. The number of hydrogen-bond donors (Lipinski definition) is 3. The third kappa shape index (κ3) is 3.80. The number of hydrogen-bond acceptors (Lipinski definition) is 7. The third-order valence-electron chi connectivity index (χ3n) is 4.12. The Bertz CT molecular complexity index is 1030. The number of rotatable bonds is 8. The summed E-state index contributed by atoms with van der Waals surface area (Å²) in [5.41, 5.74) is 3.53. The summed E-state index contributed by atoms with van der Waals surface area (Å²) in [5.74, 6) is -0.457. The summed E-state index contributed by atoms with van der Waals surface area (Å²) in [7, 11) is -2.72. The van der Waals surface area contributed by atoms with Crippen molar-refractivity contribution in [2.45, 2.75) is 10.5 Å². The second kappa shape index (κ2) is 7.76. The average molecular weight is 422 g/mol. The van der Waals surface area contributed by atoms with E-state index in [0.717, 1.165) is 6.07 Å². The maximum Gasteiger partial charge on any atom is 0.252 e. The molecule has 0 saturated heterocycles. The molecule has 0 spiro atoms. The van der Waals surface area contributed by atoms with Crippen LogP contribution >= 0.6 is 11.3 Å². The van der Waals surface area contributed by atoms with E-state index in [0.29, 0.717) is 4.88 Å². The second-order valence-electron chi connectivity index (χ2n) is 5.87. The number of nitrogens with one attached hydrogen (secondary N) is 1. The van der Waals surface area contributed by atoms with Crippen molar-refractivity contribution in [3.05, 3.63) is 70.3 Å². The molecule has 8 nitrogen and oxygen atoms in total. The van der Waals surface area contributed by atoms with Crippen LogP contribution in [0.25, 0.3) is 0 Å². The number of furan rings is 1. The van der Waals surface area contributed by atoms with Gasteiger partial charge in [-0.25, -0.2) is 13.1 Å². The van der Waals surface area contributed by atoms with Crippen molar-refractivity contribution in [3.8, 4) is 5.75 Å². The first kappa shape index (κ1) is 20.1. The summed E-state index contributed by atoms with van der Waals surface area (Å²) < 4.78 is 38.2. The van der Waals surface area contributed by atoms with Gasteiger partial charge in [0.2, 0.25) is 10.0 Å². The van der Waals surface area contributed by atoms with Gasteiger partial charge in [-0.15, -0.1) is 11.3 Å². The Kier molecular flexibility index (Phi) is 5.57. The summed E-state index contributed by atoms with van der Waals surface area (Å²) in [6.07, 6.45) is 1.39. The van der Waals surface area contributed by atoms with E-state index in [1.165, 1.54) is 36.8 Å². The molecule has 0 radical (unpaired) electrons. The first-order valence-electron chi connectivity index (χ1n) is 8.06. The Morgan fingerprint density at radius 1 is 1.32 bits per heavy atom. The molecule has 0 saturated carbocycles. The highest BCUT2D eigenvalue weighted by molar-refractivity contribution is 7.89. The highest BCUT2D eigenvalue weighted by Crippen LogP contribution is 2.33. The molecule has 0 aliphatic heterocycles. The molecule has 148 valence electrons. The number of primary amides is 1. The first-order chi connectivity index (χ1) is 13.3. The van der Waals surface area contributed by atoms with E-state index in [-0.39, 0.29) is 28.5 Å². The Balaban J connectivity index is 1.92. The van der Waals surface area contributed by atoms with Crippen LogP contribution in [0.4, 0.5) is 0 Å². The Labute approximate surface area is 165 Å². The highest BCUT2D eigenvalue weighted by Gasteiger charge is 2.37. The second-order valence-corrected chi connectivity index (χ2v) is 8.58. The van der Waals surface area contributed by atoms with Gasteiger partial charge in [-0.3, -0.25) is 4.79 Å². The lowest BCUT2D eigenvalue weighted by atomic mass is 9.99. The zero-order valence-electron chi connectivity index (χ0n) is 14.8. The minimum atomic E-state index is -4.07. The SMILES string of the molecule is COc1ccc(S(=O)(=O)NCC(O)(c2ccco2)c2cccs2)cc1C(N)=O. The molecule has 1 unspecified atom stereocenters. The molecule has 3 aromatic rings. The van der Waals surface area contributed by atoms with Gasteiger partial charge in [0.05, 0.1) is 30.4 Å². The van der Waals surface area contributed by atoms with Crippen LogP contribution in [-0.4, -0.2) is 33.1 Å². The van der Waals surface area contributed by atoms with Crippen molar-refractivity contribution in [1.82, 2.24) is 4.72 Å². The van der Waals surface area contributed by atoms with Gasteiger partial charge in [0, 0.05) is 4.88 Å². The van der Waals surface area contributed by atoms with Gasteiger partial charge in [0.1, 0.15) is 11.5 Å². The Morgan fingerprint density at radius 3 is 2.68 bits per heavy atom. The molecule has 1 amide bonds. The van der Waals surface area contributed by atoms with Crippen molar-refractivity contribution < 1.29 is 27.5 Å². The molecule has 3 rings (SSSR count). The number of methoxy groups -OCH3 is 1. The van der Waals surface area contributed by atoms with Crippen molar-refractivity contribution >= 4 is 27.3 Å². The minimum Gasteiger partial charge on any atom is -0.496 e. The van der Waals surface area contributed by atoms with Gasteiger partial charge in [-0.2, -0.15) is 0 Å². The molecule has 2 aromatic heterocycles. The molecule has 2 heterocycles. The number of benzene rings is 1. The van der Waals surface area contributed by atoms with Crippen molar-refractivity contribution in [2.24, 2.45) is 5.73 Å². The fourth-order valence-electron chi connectivity index (χ4n) is 2.65. The zero-order chi connectivity index (χ0) is 20.4. The maximum absolute atomic E-state index is 12.8. The molecule has 1 aromatic carbocycles. The number of ether oxygens (including phenoxy) is 1. The summed E-state index contributed by atoms with van der Waals surface area (Å²) in [4.78, 5) is 11.9. The van der Waals surface area contributed by atoms with Crippen LogP contribution in [0.5, 0.6) is 5.75 Å². The lowest BCUT2D eigenvalue weighted by Crippen LogP contribution is -2.41. The molecule has 1 atom stereocenters. The van der Waals surface area contributed by atoms with Crippen LogP contribution < -0.4 is 15.2 Å². The molecular weight excluding hydrogens is 404 g/mol. The molecule has 0 aliphatic rings. The number of carbonyl (C=O) groups excluding carboxylic acids is 1. The Morgan fingerprint density at radius 2 is 2.11 bits per heavy atom. The van der Waals surface area contributed by atoms with E-state index < -0.39 is 21.5 Å². The average Bonchev–Trinajstić information content (AvgIpc) is 3.39. The van der Waals surface area contributed by atoms with E-state index >= 15 is 0 Å². The van der Waals surface area contributed by atoms with Gasteiger partial charge in [0.15, 0.2) is 5.60 Å². The predicted molar refractivity (Wildman–Crippen MR) is 103 cm³/mol. The molecule has 4 N–H and O–H groups in total. The van der Waals surface area contributed by atoms with Gasteiger partial charge in [-0.05, 0) is 41.8 Å². The van der Waals surface area contributed by atoms with Crippen molar-refractivity contribution in [1.29, 1.82) is 0 Å². The Hall–Kier alpha value is -2.66. The molecule has 10 heteroatoms. The van der Waals surface area contributed by atoms with Crippen LogP contribution in [0, 0.1) is 0 Å². The lowest BCUT2D eigenvalue weighted by molar-refractivity contribution is 0.0655. The smallest absolute Gasteiger partial charge is 0.252 e. The fraction of sp³-hybridized carbons (Fsp3) is 0.167. The number of amides is 1. The summed E-state index contributed by atoms with van der Waals surface area (Å²) in [5, 5.41) is 12.9. The van der Waals surface area contributed by atoms with Gasteiger partial charge in [0.25, 0.3) is 5.91 Å². The van der Waals surface area contributed by atoms with Crippen LogP contribution in [0.2, 0.25) is 0 Å². The predicted octanol–water partition coefficient (Wildman–Crippen LogP) is 1.66. The molecular formula is C18H18N2O6S2. The summed E-state index contributed by atoms with van der Waals surface area (Å²) in [6.45, 7) is -0.374. The quantitative estimate of drug-likeness (QED) is 0.506. The molecule has 0 bridgehead atoms. The number of nitrogens with two attached hydrogens (primary N) is 1.